The van der Waals surface area contributed by atoms with Crippen LogP contribution in [0.5, 0.6) is 0 Å². The number of carbonyl (C=O) groups is 1. The number of nitrogens with zero attached hydrogens (tertiary/aromatic N) is 4. The molecule has 1 aliphatic rings. The molecule has 1 aliphatic carbocycles. The average molecular weight is 289 g/mol. The minimum absolute atomic E-state index is 0.145. The molecule has 7 heteroatoms. The number of amides is 1. The maximum atomic E-state index is 12.3. The molecule has 1 fully saturated rings. The zero-order valence-corrected chi connectivity index (χ0v) is 12.0. The molecule has 2 aromatic rings. The zero-order valence-electron chi connectivity index (χ0n) is 12.0. The Morgan fingerprint density at radius 1 is 1.43 bits per heavy atom. The fourth-order valence-electron chi connectivity index (χ4n) is 2.86. The fourth-order valence-corrected chi connectivity index (χ4v) is 2.86. The molecular formula is C14H19N5O2. The molecule has 1 amide bonds. The lowest BCUT2D eigenvalue weighted by Gasteiger charge is -2.27. The summed E-state index contributed by atoms with van der Waals surface area (Å²) in [7, 11) is 0. The minimum atomic E-state index is -0.309. The summed E-state index contributed by atoms with van der Waals surface area (Å²) in [6.07, 6.45) is 6.59. The van der Waals surface area contributed by atoms with Crippen molar-refractivity contribution in [3.8, 4) is 0 Å². The van der Waals surface area contributed by atoms with E-state index in [1.165, 1.54) is 12.5 Å². The number of carbonyl (C=O) groups excluding carboxylic acids is 1. The van der Waals surface area contributed by atoms with Gasteiger partial charge in [-0.25, -0.2) is 9.50 Å². The van der Waals surface area contributed by atoms with Gasteiger partial charge in [-0.3, -0.25) is 4.79 Å². The maximum Gasteiger partial charge on any atom is 0.254 e. The molecule has 2 aromatic heterocycles. The van der Waals surface area contributed by atoms with Crippen LogP contribution in [0.2, 0.25) is 0 Å². The molecule has 0 bridgehead atoms. The third-order valence-electron chi connectivity index (χ3n) is 4.18. The second-order valence-electron chi connectivity index (χ2n) is 5.55. The summed E-state index contributed by atoms with van der Waals surface area (Å²) in [5.41, 5.74) is 1.19. The van der Waals surface area contributed by atoms with E-state index < -0.39 is 0 Å². The van der Waals surface area contributed by atoms with Crippen molar-refractivity contribution < 1.29 is 9.90 Å². The third kappa shape index (κ3) is 2.73. The van der Waals surface area contributed by atoms with E-state index in [0.717, 1.165) is 25.7 Å². The summed E-state index contributed by atoms with van der Waals surface area (Å²) in [5.74, 6) is 0.438. The SMILES string of the molecule is Cc1c(C(=O)NCC2CCCCC2O)cnc2ncnn12. The topological polar surface area (TPSA) is 92.4 Å². The number of aliphatic hydroxyl groups is 1. The van der Waals surface area contributed by atoms with Gasteiger partial charge < -0.3 is 10.4 Å². The Morgan fingerprint density at radius 2 is 2.24 bits per heavy atom. The van der Waals surface area contributed by atoms with Gasteiger partial charge in [0.15, 0.2) is 0 Å². The zero-order chi connectivity index (χ0) is 14.8. The first-order valence-corrected chi connectivity index (χ1v) is 7.28. The Morgan fingerprint density at radius 3 is 3.05 bits per heavy atom. The molecule has 2 N–H and O–H groups in total. The highest BCUT2D eigenvalue weighted by atomic mass is 16.3. The first kappa shape index (κ1) is 13.9. The quantitative estimate of drug-likeness (QED) is 0.868. The van der Waals surface area contributed by atoms with Gasteiger partial charge in [0.05, 0.1) is 17.4 Å². The van der Waals surface area contributed by atoms with E-state index in [9.17, 15) is 9.90 Å². The summed E-state index contributed by atoms with van der Waals surface area (Å²) < 4.78 is 1.55. The van der Waals surface area contributed by atoms with Crippen LogP contribution in [-0.4, -0.2) is 43.2 Å². The van der Waals surface area contributed by atoms with E-state index in [4.69, 9.17) is 0 Å². The monoisotopic (exact) mass is 289 g/mol. The van der Waals surface area contributed by atoms with Crippen LogP contribution in [0.3, 0.4) is 0 Å². The first-order valence-electron chi connectivity index (χ1n) is 7.28. The molecule has 2 atom stereocenters. The molecule has 0 aliphatic heterocycles. The van der Waals surface area contributed by atoms with Crippen LogP contribution in [0, 0.1) is 12.8 Å². The standard InChI is InChI=1S/C14H19N5O2/c1-9-11(7-16-14-17-8-18-19(9)14)13(21)15-6-10-4-2-3-5-12(10)20/h7-8,10,12,20H,2-6H2,1H3,(H,15,21). The predicted molar refractivity (Wildman–Crippen MR) is 75.8 cm³/mol. The van der Waals surface area contributed by atoms with Crippen molar-refractivity contribution in [2.45, 2.75) is 38.7 Å². The van der Waals surface area contributed by atoms with E-state index in [1.54, 1.807) is 4.52 Å². The lowest BCUT2D eigenvalue weighted by atomic mass is 9.86. The second kappa shape index (κ2) is 5.77. The van der Waals surface area contributed by atoms with E-state index in [-0.39, 0.29) is 17.9 Å². The van der Waals surface area contributed by atoms with Gasteiger partial charge in [-0.15, -0.1) is 0 Å². The summed E-state index contributed by atoms with van der Waals surface area (Å²) in [6, 6.07) is 0. The molecule has 2 heterocycles. The van der Waals surface area contributed by atoms with Crippen LogP contribution in [-0.2, 0) is 0 Å². The van der Waals surface area contributed by atoms with E-state index in [2.05, 4.69) is 20.4 Å². The van der Waals surface area contributed by atoms with Crippen molar-refractivity contribution in [1.29, 1.82) is 0 Å². The van der Waals surface area contributed by atoms with Gasteiger partial charge in [0.25, 0.3) is 11.7 Å². The van der Waals surface area contributed by atoms with Crippen LogP contribution in [0.1, 0.15) is 41.7 Å². The number of fused-ring (bicyclic) bond motifs is 1. The Kier molecular flexibility index (Phi) is 3.83. The molecule has 7 nitrogen and oxygen atoms in total. The number of rotatable bonds is 3. The molecule has 0 spiro atoms. The minimum Gasteiger partial charge on any atom is -0.393 e. The Bertz CT molecular complexity index is 654. The highest BCUT2D eigenvalue weighted by molar-refractivity contribution is 5.95. The van der Waals surface area contributed by atoms with Crippen LogP contribution < -0.4 is 5.32 Å². The van der Waals surface area contributed by atoms with Gasteiger partial charge in [-0.1, -0.05) is 12.8 Å². The highest BCUT2D eigenvalue weighted by Crippen LogP contribution is 2.23. The number of aromatic nitrogens is 4. The van der Waals surface area contributed by atoms with Crippen LogP contribution >= 0.6 is 0 Å². The van der Waals surface area contributed by atoms with Gasteiger partial charge in [0.2, 0.25) is 0 Å². The van der Waals surface area contributed by atoms with E-state index >= 15 is 0 Å². The molecule has 0 radical (unpaired) electrons. The van der Waals surface area contributed by atoms with Crippen molar-refractivity contribution in [3.05, 3.63) is 23.8 Å². The van der Waals surface area contributed by atoms with Gasteiger partial charge in [-0.05, 0) is 19.8 Å². The maximum absolute atomic E-state index is 12.3. The Balaban J connectivity index is 1.70. The number of nitrogens with one attached hydrogen (secondary N) is 1. The van der Waals surface area contributed by atoms with Gasteiger partial charge in [0.1, 0.15) is 6.33 Å². The van der Waals surface area contributed by atoms with Gasteiger partial charge in [-0.2, -0.15) is 10.1 Å². The van der Waals surface area contributed by atoms with Gasteiger partial charge in [0, 0.05) is 18.7 Å². The van der Waals surface area contributed by atoms with E-state index in [0.29, 0.717) is 23.6 Å². The molecular weight excluding hydrogens is 270 g/mol. The summed E-state index contributed by atoms with van der Waals surface area (Å²) >= 11 is 0. The smallest absolute Gasteiger partial charge is 0.254 e. The summed E-state index contributed by atoms with van der Waals surface area (Å²) in [6.45, 7) is 2.31. The first-order chi connectivity index (χ1) is 10.2. The van der Waals surface area contributed by atoms with Crippen molar-refractivity contribution in [1.82, 2.24) is 24.9 Å². The van der Waals surface area contributed by atoms with Crippen molar-refractivity contribution >= 4 is 11.7 Å². The number of hydrogen-bond donors (Lipinski definition) is 2. The molecule has 112 valence electrons. The van der Waals surface area contributed by atoms with Crippen LogP contribution in [0.4, 0.5) is 0 Å². The Hall–Kier alpha value is -2.02. The number of aliphatic hydroxyl groups excluding tert-OH is 1. The molecule has 21 heavy (non-hydrogen) atoms. The largest absolute Gasteiger partial charge is 0.393 e. The summed E-state index contributed by atoms with van der Waals surface area (Å²) in [5, 5.41) is 16.9. The van der Waals surface area contributed by atoms with Crippen LogP contribution in [0.25, 0.3) is 5.78 Å². The lowest BCUT2D eigenvalue weighted by molar-refractivity contribution is 0.0662. The lowest BCUT2D eigenvalue weighted by Crippen LogP contribution is -2.37. The molecule has 0 saturated heterocycles. The normalized spacial score (nSPS) is 22.4. The number of hydrogen-bond acceptors (Lipinski definition) is 5. The predicted octanol–water partition coefficient (Wildman–Crippen LogP) is 0.714. The molecule has 2 unspecified atom stereocenters. The molecule has 0 aromatic carbocycles. The fraction of sp³-hybridized carbons (Fsp3) is 0.571. The average Bonchev–Trinajstić information content (AvgIpc) is 2.96. The second-order valence-corrected chi connectivity index (χ2v) is 5.55. The van der Waals surface area contributed by atoms with Crippen molar-refractivity contribution in [2.24, 2.45) is 5.92 Å². The Labute approximate surface area is 122 Å². The van der Waals surface area contributed by atoms with Gasteiger partial charge >= 0.3 is 0 Å². The third-order valence-corrected chi connectivity index (χ3v) is 4.18. The van der Waals surface area contributed by atoms with E-state index in [1.807, 2.05) is 6.92 Å². The molecule has 3 rings (SSSR count). The molecule has 1 saturated carbocycles. The highest BCUT2D eigenvalue weighted by Gasteiger charge is 2.24. The van der Waals surface area contributed by atoms with Crippen molar-refractivity contribution in [3.63, 3.8) is 0 Å². The van der Waals surface area contributed by atoms with Crippen LogP contribution in [0.15, 0.2) is 12.5 Å². The van der Waals surface area contributed by atoms with Crippen molar-refractivity contribution in [2.75, 3.05) is 6.54 Å². The number of aryl methyl sites for hydroxylation is 1. The summed E-state index contributed by atoms with van der Waals surface area (Å²) in [4.78, 5) is 20.4.